The third-order valence-corrected chi connectivity index (χ3v) is 11.0. The van der Waals surface area contributed by atoms with Crippen molar-refractivity contribution in [3.05, 3.63) is 139 Å². The Bertz CT molecular complexity index is 3400. The molecule has 0 fully saturated rings. The monoisotopic (exact) mass is 648 g/mol. The van der Waals surface area contributed by atoms with Crippen molar-refractivity contribution in [2.45, 2.75) is 0 Å². The van der Waals surface area contributed by atoms with Crippen LogP contribution in [0.1, 0.15) is 11.1 Å². The summed E-state index contributed by atoms with van der Waals surface area (Å²) in [6, 6.07) is 48.2. The first-order chi connectivity index (χ1) is 25.2. The van der Waals surface area contributed by atoms with Gasteiger partial charge in [-0.15, -0.1) is 0 Å². The van der Waals surface area contributed by atoms with Gasteiger partial charge in [-0.3, -0.25) is 0 Å². The number of benzene rings is 7. The number of furan rings is 2. The predicted octanol–water partition coefficient (Wildman–Crippen LogP) is 9.40. The summed E-state index contributed by atoms with van der Waals surface area (Å²) in [6.07, 6.45) is 0. The fourth-order valence-corrected chi connectivity index (χ4v) is 9.09. The average molecular weight is 648 g/mol. The number of rotatable bonds is 1. The van der Waals surface area contributed by atoms with Gasteiger partial charge < -0.3 is 17.9 Å². The minimum absolute atomic E-state index is 0.381. The van der Waals surface area contributed by atoms with Crippen LogP contribution in [0.15, 0.2) is 136 Å². The molecule has 0 unspecified atom stereocenters. The molecule has 0 radical (unpaired) electrons. The van der Waals surface area contributed by atoms with Crippen LogP contribution in [0, 0.1) is 22.7 Å². The molecule has 7 heteroatoms. The maximum absolute atomic E-state index is 10.5. The molecule has 4 aromatic heterocycles. The van der Waals surface area contributed by atoms with E-state index < -0.39 is 0 Å². The molecule has 7 aromatic carbocycles. The summed E-state index contributed by atoms with van der Waals surface area (Å²) in [5, 5.41) is 29.1. The Labute approximate surface area is 289 Å². The first-order valence-corrected chi connectivity index (χ1v) is 16.9. The molecule has 0 saturated heterocycles. The highest BCUT2D eigenvalue weighted by Crippen LogP contribution is 2.46. The van der Waals surface area contributed by atoms with Crippen molar-refractivity contribution in [3.63, 3.8) is 0 Å². The second kappa shape index (κ2) is 9.27. The molecule has 1 aliphatic heterocycles. The van der Waals surface area contributed by atoms with E-state index in [2.05, 4.69) is 87.9 Å². The Balaban J connectivity index is 1.38. The molecule has 0 spiro atoms. The molecule has 0 bridgehead atoms. The van der Waals surface area contributed by atoms with E-state index >= 15 is 0 Å². The lowest BCUT2D eigenvalue weighted by Crippen LogP contribution is -2.53. The summed E-state index contributed by atoms with van der Waals surface area (Å²) in [5.41, 5.74) is 11.2. The number of para-hydroxylation sites is 5. The lowest BCUT2D eigenvalue weighted by molar-refractivity contribution is 0.670. The number of hydrogen-bond acceptors (Lipinski definition) is 4. The van der Waals surface area contributed by atoms with E-state index in [-0.39, 0.29) is 6.85 Å². The van der Waals surface area contributed by atoms with Crippen LogP contribution in [0.25, 0.3) is 93.2 Å². The van der Waals surface area contributed by atoms with Gasteiger partial charge in [0.2, 0.25) is 0 Å². The van der Waals surface area contributed by atoms with Crippen molar-refractivity contribution in [2.75, 3.05) is 0 Å². The van der Waals surface area contributed by atoms with Gasteiger partial charge in [0.15, 0.2) is 0 Å². The smallest absolute Gasteiger partial charge is 0.332 e. The number of nitrogens with zero attached hydrogens (tertiary/aromatic N) is 4. The van der Waals surface area contributed by atoms with Gasteiger partial charge in [0.05, 0.1) is 44.0 Å². The molecule has 0 N–H and O–H groups in total. The van der Waals surface area contributed by atoms with Crippen LogP contribution in [-0.2, 0) is 0 Å². The molecule has 0 saturated carbocycles. The number of nitriles is 2. The van der Waals surface area contributed by atoms with Gasteiger partial charge in [-0.2, -0.15) is 10.5 Å². The molecule has 6 nitrogen and oxygen atoms in total. The van der Waals surface area contributed by atoms with Crippen LogP contribution in [0.4, 0.5) is 0 Å². The molecular formula is C44H21BN4O2. The van der Waals surface area contributed by atoms with E-state index in [9.17, 15) is 10.5 Å². The molecule has 11 aromatic rings. The summed E-state index contributed by atoms with van der Waals surface area (Å²) >= 11 is 0. The minimum atomic E-state index is -0.381. The largest absolute Gasteiger partial charge is 0.455 e. The molecular weight excluding hydrogens is 627 g/mol. The third kappa shape index (κ3) is 3.13. The van der Waals surface area contributed by atoms with Crippen molar-refractivity contribution >= 4 is 105 Å². The van der Waals surface area contributed by atoms with Gasteiger partial charge >= 0.3 is 6.85 Å². The Kier molecular flexibility index (Phi) is 4.85. The van der Waals surface area contributed by atoms with Gasteiger partial charge in [0, 0.05) is 38.0 Å². The summed E-state index contributed by atoms with van der Waals surface area (Å²) in [6.45, 7) is -0.381. The third-order valence-electron chi connectivity index (χ3n) is 11.0. The predicted molar refractivity (Wildman–Crippen MR) is 205 cm³/mol. The lowest BCUT2D eigenvalue weighted by Gasteiger charge is -2.28. The van der Waals surface area contributed by atoms with Crippen molar-refractivity contribution < 1.29 is 8.83 Å². The van der Waals surface area contributed by atoms with Gasteiger partial charge in [-0.25, -0.2) is 0 Å². The second-order valence-corrected chi connectivity index (χ2v) is 13.4. The highest BCUT2D eigenvalue weighted by Gasteiger charge is 2.39. The zero-order chi connectivity index (χ0) is 33.5. The van der Waals surface area contributed by atoms with Crippen molar-refractivity contribution in [2.24, 2.45) is 0 Å². The van der Waals surface area contributed by atoms with Crippen molar-refractivity contribution in [1.82, 2.24) is 9.05 Å². The first-order valence-electron chi connectivity index (χ1n) is 16.9. The maximum atomic E-state index is 10.5. The zero-order valence-electron chi connectivity index (χ0n) is 26.8. The summed E-state index contributed by atoms with van der Waals surface area (Å²) in [5.74, 6) is 0. The highest BCUT2D eigenvalue weighted by molar-refractivity contribution is 6.88. The van der Waals surface area contributed by atoms with Crippen molar-refractivity contribution in [3.8, 4) is 17.8 Å². The van der Waals surface area contributed by atoms with E-state index in [1.807, 2.05) is 60.7 Å². The van der Waals surface area contributed by atoms with Crippen molar-refractivity contribution in [1.29, 1.82) is 10.5 Å². The van der Waals surface area contributed by atoms with E-state index in [0.717, 1.165) is 104 Å². The van der Waals surface area contributed by atoms with Gasteiger partial charge in [-0.05, 0) is 53.4 Å². The lowest BCUT2D eigenvalue weighted by atomic mass is 9.48. The zero-order valence-corrected chi connectivity index (χ0v) is 26.8. The van der Waals surface area contributed by atoms with Gasteiger partial charge in [-0.1, -0.05) is 84.9 Å². The van der Waals surface area contributed by atoms with Crippen LogP contribution in [0.3, 0.4) is 0 Å². The first kappa shape index (κ1) is 26.7. The molecule has 0 aliphatic carbocycles. The summed E-state index contributed by atoms with van der Waals surface area (Å²) in [4.78, 5) is 0. The van der Waals surface area contributed by atoms with E-state index in [0.29, 0.717) is 11.1 Å². The van der Waals surface area contributed by atoms with Crippen LogP contribution >= 0.6 is 0 Å². The van der Waals surface area contributed by atoms with Crippen LogP contribution < -0.4 is 10.9 Å². The van der Waals surface area contributed by atoms with Crippen LogP contribution in [0.2, 0.25) is 0 Å². The normalized spacial score (nSPS) is 12.6. The minimum Gasteiger partial charge on any atom is -0.455 e. The van der Waals surface area contributed by atoms with E-state index in [4.69, 9.17) is 8.83 Å². The Morgan fingerprint density at radius 3 is 1.76 bits per heavy atom. The quantitative estimate of drug-likeness (QED) is 0.166. The topological polar surface area (TPSA) is 83.7 Å². The fraction of sp³-hybridized carbons (Fsp3) is 0. The Morgan fingerprint density at radius 1 is 0.490 bits per heavy atom. The molecule has 0 amide bonds. The molecule has 5 heterocycles. The summed E-state index contributed by atoms with van der Waals surface area (Å²) < 4.78 is 18.2. The van der Waals surface area contributed by atoms with Gasteiger partial charge in [0.25, 0.3) is 0 Å². The average Bonchev–Trinajstić information content (AvgIpc) is 3.93. The Morgan fingerprint density at radius 2 is 1.08 bits per heavy atom. The molecule has 51 heavy (non-hydrogen) atoms. The molecule has 12 rings (SSSR count). The fourth-order valence-electron chi connectivity index (χ4n) is 9.09. The SMILES string of the molecule is N#Cc1cccc2c3cccc(C#N)c3n(B3c4ccccc4-n4c5ccc6c7ccccc7oc6c5c5c6oc7ccccc7c6cc3c54)c12. The number of aromatic nitrogens is 2. The molecule has 1 aliphatic rings. The van der Waals surface area contributed by atoms with Gasteiger partial charge in [0.1, 0.15) is 34.5 Å². The second-order valence-electron chi connectivity index (χ2n) is 13.4. The molecule has 0 atom stereocenters. The van der Waals surface area contributed by atoms with E-state index in [1.54, 1.807) is 0 Å². The van der Waals surface area contributed by atoms with Crippen LogP contribution in [-0.4, -0.2) is 15.9 Å². The summed E-state index contributed by atoms with van der Waals surface area (Å²) in [7, 11) is 0. The highest BCUT2D eigenvalue weighted by atomic mass is 16.3. The van der Waals surface area contributed by atoms with Crippen LogP contribution in [0.5, 0.6) is 0 Å². The van der Waals surface area contributed by atoms with E-state index in [1.165, 1.54) is 0 Å². The number of hydrogen-bond donors (Lipinski definition) is 0. The standard InChI is InChI=1S/C44H21BN4O2/c46-22-24-9-7-13-28-29-14-8-10-25(23-47)41(29)49(40(24)28)45-32-15-3-4-16-34(32)48-35-20-19-30-26-11-1-5-17-36(26)50-43(30)38(35)39-42(48)33(45)21-31-27-12-2-6-18-37(27)51-44(31)39/h1-21H. The Hall–Kier alpha value is -7.22. The molecule has 232 valence electrons. The number of fused-ring (bicyclic) bond motifs is 16. The maximum Gasteiger partial charge on any atom is 0.332 e.